The molecule has 0 bridgehead atoms. The van der Waals surface area contributed by atoms with Crippen molar-refractivity contribution in [1.29, 1.82) is 0 Å². The number of hydrogen-bond donors (Lipinski definition) is 2. The van der Waals surface area contributed by atoms with Crippen LogP contribution in [0.25, 0.3) is 0 Å². The SMILES string of the molecule is CCl.[NH4+].[NH4+].[O-2]. The van der Waals surface area contributed by atoms with Gasteiger partial charge in [-0.3, -0.25) is 0 Å². The Kier molecular flexibility index (Phi) is 19000. The zero-order valence-electron chi connectivity index (χ0n) is 3.79. The van der Waals surface area contributed by atoms with E-state index in [0.29, 0.717) is 0 Å². The van der Waals surface area contributed by atoms with Crippen LogP contribution in [0, 0.1) is 0 Å². The third kappa shape index (κ3) is 679. The van der Waals surface area contributed by atoms with E-state index in [1.165, 1.54) is 6.38 Å². The number of rotatable bonds is 0. The Hall–Kier alpha value is 0.170. The maximum atomic E-state index is 4.64. The van der Waals surface area contributed by atoms with E-state index in [2.05, 4.69) is 11.6 Å². The lowest BCUT2D eigenvalue weighted by Crippen LogP contribution is -0.852. The predicted octanol–water partition coefficient (Wildman–Crippen LogP) is 1.49. The van der Waals surface area contributed by atoms with Crippen LogP contribution < -0.4 is 12.3 Å². The summed E-state index contributed by atoms with van der Waals surface area (Å²) in [6.45, 7) is 0. The number of hydrogen-bond acceptors (Lipinski definition) is 0. The van der Waals surface area contributed by atoms with Crippen LogP contribution in [0.4, 0.5) is 0 Å². The Morgan fingerprint density at radius 1 is 1.00 bits per heavy atom. The fraction of sp³-hybridized carbons (Fsp3) is 1.00. The minimum absolute atomic E-state index is 0. The van der Waals surface area contributed by atoms with Crippen molar-refractivity contribution in [2.45, 2.75) is 0 Å². The zero-order chi connectivity index (χ0) is 2.00. The molecule has 0 atom stereocenters. The predicted molar refractivity (Wildman–Crippen MR) is 24.4 cm³/mol. The maximum Gasteiger partial charge on any atom is 0.0108 e. The third-order valence-electron chi connectivity index (χ3n) is 0. The Bertz CT molecular complexity index is 9.61. The lowest BCUT2D eigenvalue weighted by atomic mass is 12.0. The van der Waals surface area contributed by atoms with E-state index >= 15 is 0 Å². The normalized spacial score (nSPS) is 1.20. The second-order valence-electron chi connectivity index (χ2n) is 0. The van der Waals surface area contributed by atoms with Crippen LogP contribution in [0.5, 0.6) is 0 Å². The van der Waals surface area contributed by atoms with Crippen LogP contribution in [0.1, 0.15) is 0 Å². The summed E-state index contributed by atoms with van der Waals surface area (Å²) in [5.74, 6) is 0. The van der Waals surface area contributed by atoms with Crippen molar-refractivity contribution in [3.8, 4) is 0 Å². The summed E-state index contributed by atoms with van der Waals surface area (Å²) in [5, 5.41) is 0. The molecule has 0 aliphatic carbocycles. The van der Waals surface area contributed by atoms with E-state index in [9.17, 15) is 0 Å². The molecule has 0 aliphatic heterocycles. The highest BCUT2D eigenvalue weighted by Crippen LogP contribution is 1.34. The second-order valence-corrected chi connectivity index (χ2v) is 0. The van der Waals surface area contributed by atoms with Gasteiger partial charge in [0, 0.05) is 6.38 Å². The molecule has 8 N–H and O–H groups in total. The van der Waals surface area contributed by atoms with Crippen molar-refractivity contribution < 1.29 is 5.48 Å². The molecule has 0 saturated heterocycles. The van der Waals surface area contributed by atoms with E-state index in [0.717, 1.165) is 0 Å². The molecule has 0 amide bonds. The summed E-state index contributed by atoms with van der Waals surface area (Å²) in [6, 6.07) is 0. The van der Waals surface area contributed by atoms with Crippen LogP contribution in [0.2, 0.25) is 0 Å². The van der Waals surface area contributed by atoms with E-state index in [-0.39, 0.29) is 17.8 Å². The Morgan fingerprint density at radius 3 is 1.00 bits per heavy atom. The number of quaternary nitrogens is 2. The fourth-order valence-corrected chi connectivity index (χ4v) is 0. The standard InChI is InChI=1S/CH3Cl.2H3N.O/c1-2;;;/h1H3;2*1H3;/q;;;-2/p+2. The molecule has 0 rings (SSSR count). The van der Waals surface area contributed by atoms with Gasteiger partial charge in [-0.15, -0.1) is 11.6 Å². The molecular formula is CH11ClN2O. The van der Waals surface area contributed by atoms with Crippen LogP contribution in [0.3, 0.4) is 0 Å². The van der Waals surface area contributed by atoms with Gasteiger partial charge in [-0.25, -0.2) is 0 Å². The Balaban J connectivity index is -0.00000000167. The lowest BCUT2D eigenvalue weighted by molar-refractivity contribution is 0.686. The van der Waals surface area contributed by atoms with E-state index < -0.39 is 0 Å². The largest absolute Gasteiger partial charge is 2.00 e. The van der Waals surface area contributed by atoms with Gasteiger partial charge < -0.3 is 17.8 Å². The average Bonchev–Trinajstić information content (AvgIpc) is 1.00. The van der Waals surface area contributed by atoms with Gasteiger partial charge in [0.05, 0.1) is 0 Å². The monoisotopic (exact) mass is 102 g/mol. The number of halogens is 1. The van der Waals surface area contributed by atoms with Gasteiger partial charge in [0.1, 0.15) is 0 Å². The Labute approximate surface area is 36.8 Å². The molecule has 0 unspecified atom stereocenters. The molecule has 0 aromatic carbocycles. The first-order chi connectivity index (χ1) is 1.00. The van der Waals surface area contributed by atoms with Gasteiger partial charge in [0.15, 0.2) is 0 Å². The summed E-state index contributed by atoms with van der Waals surface area (Å²) in [4.78, 5) is 0. The van der Waals surface area contributed by atoms with Crippen molar-refractivity contribution in [2.75, 3.05) is 6.38 Å². The van der Waals surface area contributed by atoms with Crippen molar-refractivity contribution in [3.63, 3.8) is 0 Å². The maximum absolute atomic E-state index is 4.64. The molecule has 5 heavy (non-hydrogen) atoms. The molecule has 0 heterocycles. The molecule has 0 aliphatic rings. The van der Waals surface area contributed by atoms with Crippen LogP contribution in [-0.2, 0) is 5.48 Å². The second kappa shape index (κ2) is 1450. The van der Waals surface area contributed by atoms with E-state index in [1.807, 2.05) is 0 Å². The molecule has 4 heteroatoms. The van der Waals surface area contributed by atoms with Gasteiger partial charge in [-0.1, -0.05) is 0 Å². The van der Waals surface area contributed by atoms with Crippen molar-refractivity contribution in [2.24, 2.45) is 0 Å². The molecule has 0 saturated carbocycles. The molecule has 0 radical (unpaired) electrons. The topological polar surface area (TPSA) is 102 Å². The van der Waals surface area contributed by atoms with Gasteiger partial charge in [-0.2, -0.15) is 0 Å². The highest BCUT2D eigenvalue weighted by molar-refractivity contribution is 6.15. The number of alkyl halides is 1. The molecule has 38 valence electrons. The quantitative estimate of drug-likeness (QED) is 0.433. The van der Waals surface area contributed by atoms with Crippen molar-refractivity contribution in [1.82, 2.24) is 12.3 Å². The Morgan fingerprint density at radius 2 is 1.00 bits per heavy atom. The summed E-state index contributed by atoms with van der Waals surface area (Å²) in [5.41, 5.74) is 0. The molecule has 0 aromatic heterocycles. The summed E-state index contributed by atoms with van der Waals surface area (Å²) in [6.07, 6.45) is 1.47. The summed E-state index contributed by atoms with van der Waals surface area (Å²) < 4.78 is 0. The first-order valence-electron chi connectivity index (χ1n) is 0.378. The van der Waals surface area contributed by atoms with Crippen molar-refractivity contribution in [3.05, 3.63) is 0 Å². The van der Waals surface area contributed by atoms with E-state index in [1.54, 1.807) is 0 Å². The van der Waals surface area contributed by atoms with Gasteiger partial charge >= 0.3 is 0 Å². The van der Waals surface area contributed by atoms with Crippen molar-refractivity contribution >= 4 is 11.6 Å². The molecular weight excluding hydrogens is 91.5 g/mol. The highest BCUT2D eigenvalue weighted by Gasteiger charge is 0.943. The average molecular weight is 103 g/mol. The van der Waals surface area contributed by atoms with Gasteiger partial charge in [0.2, 0.25) is 0 Å². The van der Waals surface area contributed by atoms with Crippen LogP contribution >= 0.6 is 11.6 Å². The molecule has 0 spiro atoms. The van der Waals surface area contributed by atoms with Gasteiger partial charge in [-0.05, 0) is 0 Å². The molecule has 0 aromatic rings. The summed E-state index contributed by atoms with van der Waals surface area (Å²) >= 11 is 4.64. The smallest absolute Gasteiger partial charge is 0.0108 e. The molecule has 3 nitrogen and oxygen atoms in total. The minimum Gasteiger partial charge on any atom is -2.00 e. The fourth-order valence-electron chi connectivity index (χ4n) is 0. The highest BCUT2D eigenvalue weighted by atomic mass is 35.5. The minimum atomic E-state index is 0. The third-order valence-corrected chi connectivity index (χ3v) is 0. The molecule has 0 fully saturated rings. The lowest BCUT2D eigenvalue weighted by Gasteiger charge is -2.00. The van der Waals surface area contributed by atoms with Crippen LogP contribution in [-0.4, -0.2) is 6.38 Å². The summed E-state index contributed by atoms with van der Waals surface area (Å²) in [7, 11) is 0. The first kappa shape index (κ1) is 65.7. The van der Waals surface area contributed by atoms with Crippen LogP contribution in [0.15, 0.2) is 0 Å². The van der Waals surface area contributed by atoms with E-state index in [4.69, 9.17) is 0 Å². The zero-order valence-corrected chi connectivity index (χ0v) is 4.54. The first-order valence-corrected chi connectivity index (χ1v) is 1.13. The van der Waals surface area contributed by atoms with Gasteiger partial charge in [0.25, 0.3) is 0 Å².